The number of hydrogen-bond acceptors (Lipinski definition) is 12. The molecule has 3 aromatic rings. The number of carbonyl (C=O) groups is 8. The molecule has 1 saturated heterocycles. The molecule has 0 saturated carbocycles. The number of nitrogens with zero attached hydrogens (tertiary/aromatic N) is 3. The maximum Gasteiger partial charge on any atom is 0.326 e. The Bertz CT molecular complexity index is 2350. The van der Waals surface area contributed by atoms with E-state index in [1.54, 1.807) is 70.2 Å². The fourth-order valence-corrected chi connectivity index (χ4v) is 7.72. The minimum atomic E-state index is -1.37. The lowest BCUT2D eigenvalue weighted by atomic mass is 9.95. The molecular formula is C49H71N13O10. The molecule has 1 aliphatic rings. The zero-order valence-electron chi connectivity index (χ0n) is 41.6. The number of aromatic amines is 1. The summed E-state index contributed by atoms with van der Waals surface area (Å²) in [5.41, 5.74) is 17.2. The second-order valence-electron chi connectivity index (χ2n) is 19.0. The summed E-state index contributed by atoms with van der Waals surface area (Å²) in [5, 5.41) is 36.2. The van der Waals surface area contributed by atoms with Crippen LogP contribution in [-0.2, 0) is 57.6 Å². The van der Waals surface area contributed by atoms with Gasteiger partial charge in [0.1, 0.15) is 48.0 Å². The van der Waals surface area contributed by atoms with Crippen LogP contribution in [0.25, 0.3) is 0 Å². The Hall–Kier alpha value is -7.56. The van der Waals surface area contributed by atoms with E-state index in [4.69, 9.17) is 17.2 Å². The summed E-state index contributed by atoms with van der Waals surface area (Å²) in [6.07, 6.45) is 3.63. The standard InChI is InChI=1S/C49H71N13O10/c1-7-28(4)39(44(68)57-35(24-31-25-53-26-55-31)45(69)62-21-19-37(62)42(66)58-36(46(70)71)23-29-12-9-8-10-13-29)61-41(65)34(22-30-15-17-32(63)18-16-30)56-43(67)38(27(2)3)60-40(64)33(14-11-20-54-48(50)51)59-47(72)49(5,6)52/h8-10,12-13,15-18,25-28,33-39,63H,7,11,14,19-24,52H2,1-6H3,(H,53,55)(H,56,67)(H,57,68)(H,58,66)(H,59,72)(H,60,64)(H,61,65)(H,70,71)(H4,50,51,54)/t28-,33-,34-,35-,36-,37-,38-,39-/m0/s1. The van der Waals surface area contributed by atoms with Gasteiger partial charge >= 0.3 is 5.97 Å². The number of benzene rings is 2. The molecule has 1 aliphatic heterocycles. The van der Waals surface area contributed by atoms with E-state index in [0.717, 1.165) is 0 Å². The Morgan fingerprint density at radius 3 is 1.93 bits per heavy atom. The van der Waals surface area contributed by atoms with Crippen molar-refractivity contribution in [2.45, 2.75) is 134 Å². The van der Waals surface area contributed by atoms with Crippen molar-refractivity contribution in [3.05, 3.63) is 83.9 Å². The summed E-state index contributed by atoms with van der Waals surface area (Å²) < 4.78 is 0. The fourth-order valence-electron chi connectivity index (χ4n) is 7.72. The topological polar surface area (TPSA) is 372 Å². The van der Waals surface area contributed by atoms with Crippen molar-refractivity contribution in [1.29, 1.82) is 0 Å². The molecule has 23 nitrogen and oxygen atoms in total. The number of aromatic nitrogens is 2. The van der Waals surface area contributed by atoms with Gasteiger partial charge in [-0.2, -0.15) is 0 Å². The molecule has 0 unspecified atom stereocenters. The third-order valence-electron chi connectivity index (χ3n) is 12.3. The van der Waals surface area contributed by atoms with Crippen LogP contribution in [0.1, 0.15) is 84.0 Å². The number of nitrogens with one attached hydrogen (secondary N) is 7. The van der Waals surface area contributed by atoms with Crippen molar-refractivity contribution in [3.63, 3.8) is 0 Å². The van der Waals surface area contributed by atoms with Gasteiger partial charge in [-0.15, -0.1) is 0 Å². The normalized spacial score (nSPS) is 16.2. The lowest BCUT2D eigenvalue weighted by Gasteiger charge is -2.42. The first-order valence-electron chi connectivity index (χ1n) is 24.0. The van der Waals surface area contributed by atoms with Crippen molar-refractivity contribution >= 4 is 53.3 Å². The number of H-pyrrole nitrogens is 1. The minimum Gasteiger partial charge on any atom is -0.508 e. The van der Waals surface area contributed by atoms with Gasteiger partial charge in [-0.1, -0.05) is 76.6 Å². The maximum atomic E-state index is 14.5. The van der Waals surface area contributed by atoms with E-state index in [-0.39, 0.29) is 63.3 Å². The van der Waals surface area contributed by atoms with Crippen LogP contribution in [-0.4, -0.2) is 139 Å². The van der Waals surface area contributed by atoms with Crippen LogP contribution in [0.2, 0.25) is 0 Å². The van der Waals surface area contributed by atoms with Crippen LogP contribution >= 0.6 is 0 Å². The highest BCUT2D eigenvalue weighted by Gasteiger charge is 2.43. The summed E-state index contributed by atoms with van der Waals surface area (Å²) in [6, 6.07) is 6.05. The van der Waals surface area contributed by atoms with Crippen LogP contribution in [0, 0.1) is 11.8 Å². The van der Waals surface area contributed by atoms with Crippen molar-refractivity contribution in [3.8, 4) is 5.75 Å². The van der Waals surface area contributed by atoms with Gasteiger partial charge in [-0.05, 0) is 68.2 Å². The van der Waals surface area contributed by atoms with E-state index >= 15 is 0 Å². The van der Waals surface area contributed by atoms with Crippen LogP contribution in [0.5, 0.6) is 5.75 Å². The van der Waals surface area contributed by atoms with Gasteiger partial charge in [0, 0.05) is 44.2 Å². The van der Waals surface area contributed by atoms with Gasteiger partial charge in [0.25, 0.3) is 0 Å². The lowest BCUT2D eigenvalue weighted by Crippen LogP contribution is -2.65. The van der Waals surface area contributed by atoms with E-state index in [1.807, 2.05) is 0 Å². The first kappa shape index (κ1) is 57.0. The minimum absolute atomic E-state index is 0.0114. The molecular weight excluding hydrogens is 931 g/mol. The highest BCUT2D eigenvalue weighted by atomic mass is 16.4. The van der Waals surface area contributed by atoms with E-state index in [0.29, 0.717) is 23.2 Å². The molecule has 7 amide bonds. The maximum absolute atomic E-state index is 14.5. The number of carboxylic acid groups (broad SMARTS) is 1. The molecule has 0 aliphatic carbocycles. The summed E-state index contributed by atoms with van der Waals surface area (Å²) in [4.78, 5) is 122. The highest BCUT2D eigenvalue weighted by molar-refractivity contribution is 5.98. The van der Waals surface area contributed by atoms with Crippen molar-refractivity contribution < 1.29 is 48.6 Å². The molecule has 2 aromatic carbocycles. The van der Waals surface area contributed by atoms with E-state index in [9.17, 15) is 48.6 Å². The van der Waals surface area contributed by atoms with Crippen molar-refractivity contribution in [2.75, 3.05) is 13.1 Å². The molecule has 0 radical (unpaired) electrons. The molecule has 1 fully saturated rings. The Morgan fingerprint density at radius 1 is 0.778 bits per heavy atom. The number of phenols is 1. The van der Waals surface area contributed by atoms with E-state index in [1.165, 1.54) is 43.4 Å². The third kappa shape index (κ3) is 17.1. The third-order valence-corrected chi connectivity index (χ3v) is 12.3. The van der Waals surface area contributed by atoms with Crippen molar-refractivity contribution in [2.24, 2.45) is 34.0 Å². The van der Waals surface area contributed by atoms with Gasteiger partial charge in [-0.25, -0.2) is 9.78 Å². The Kier molecular flexibility index (Phi) is 21.1. The predicted molar refractivity (Wildman–Crippen MR) is 266 cm³/mol. The van der Waals surface area contributed by atoms with E-state index in [2.05, 4.69) is 46.9 Å². The summed E-state index contributed by atoms with van der Waals surface area (Å²) in [6.45, 7) is 10.1. The van der Waals surface area contributed by atoms with Crippen LogP contribution in [0.4, 0.5) is 0 Å². The molecule has 0 spiro atoms. The quantitative estimate of drug-likeness (QED) is 0.0254. The van der Waals surface area contributed by atoms with Crippen LogP contribution in [0.15, 0.2) is 72.1 Å². The molecule has 392 valence electrons. The summed E-state index contributed by atoms with van der Waals surface area (Å²) >= 11 is 0. The molecule has 4 rings (SSSR count). The Labute approximate surface area is 418 Å². The number of carboxylic acids is 1. The number of amides is 7. The lowest BCUT2D eigenvalue weighted by molar-refractivity contribution is -0.151. The number of aromatic hydroxyl groups is 1. The van der Waals surface area contributed by atoms with Crippen LogP contribution < -0.4 is 49.1 Å². The first-order chi connectivity index (χ1) is 34.0. The van der Waals surface area contributed by atoms with E-state index < -0.39 is 107 Å². The molecule has 23 heteroatoms. The Morgan fingerprint density at radius 2 is 1.38 bits per heavy atom. The number of likely N-dealkylation sites (tertiary alicyclic amines) is 1. The zero-order valence-corrected chi connectivity index (χ0v) is 41.6. The number of guanidine groups is 1. The molecule has 15 N–H and O–H groups in total. The SMILES string of the molecule is CC[C@H](C)[C@H](NC(=O)[C@H](Cc1ccc(O)cc1)NC(=O)[C@@H](NC(=O)[C@H](CCCN=C(N)N)NC(=O)C(C)(C)N)C(C)C)C(=O)N[C@@H](Cc1cnc[nH]1)C(=O)N1CC[C@H]1C(=O)N[C@@H](Cc1ccccc1)C(=O)O. The monoisotopic (exact) mass is 1000 g/mol. The average molecular weight is 1000 g/mol. The predicted octanol–water partition coefficient (Wildman–Crippen LogP) is -0.770. The number of imidazole rings is 1. The van der Waals surface area contributed by atoms with Gasteiger partial charge in [0.15, 0.2) is 5.96 Å². The van der Waals surface area contributed by atoms with Gasteiger partial charge in [0.05, 0.1) is 11.9 Å². The number of carbonyl (C=O) groups excluding carboxylic acids is 7. The van der Waals surface area contributed by atoms with Crippen molar-refractivity contribution in [1.82, 2.24) is 46.8 Å². The summed E-state index contributed by atoms with van der Waals surface area (Å²) in [5.74, 6) is -7.49. The zero-order chi connectivity index (χ0) is 53.3. The number of aliphatic carboxylic acids is 1. The van der Waals surface area contributed by atoms with Gasteiger partial charge in [-0.3, -0.25) is 38.6 Å². The molecule has 2 heterocycles. The number of nitrogens with two attached hydrogens (primary N) is 3. The first-order valence-corrected chi connectivity index (χ1v) is 24.0. The molecule has 72 heavy (non-hydrogen) atoms. The largest absolute Gasteiger partial charge is 0.508 e. The molecule has 0 bridgehead atoms. The number of phenolic OH excluding ortho intramolecular Hbond substituents is 1. The van der Waals surface area contributed by atoms with Gasteiger partial charge in [0.2, 0.25) is 41.4 Å². The second-order valence-corrected chi connectivity index (χ2v) is 19.0. The molecule has 1 aromatic heterocycles. The number of aliphatic imine (C=N–C) groups is 1. The Balaban J connectivity index is 1.57. The highest BCUT2D eigenvalue weighted by Crippen LogP contribution is 2.22. The number of hydrogen-bond donors (Lipinski definition) is 12. The number of rotatable bonds is 27. The molecule has 8 atom stereocenters. The van der Waals surface area contributed by atoms with Crippen LogP contribution in [0.3, 0.4) is 0 Å². The van der Waals surface area contributed by atoms with Gasteiger partial charge < -0.3 is 69.2 Å². The smallest absolute Gasteiger partial charge is 0.326 e. The second kappa shape index (κ2) is 26.6. The summed E-state index contributed by atoms with van der Waals surface area (Å²) in [7, 11) is 0. The fraction of sp³-hybridized carbons (Fsp3) is 0.510. The average Bonchev–Trinajstić information content (AvgIpc) is 3.83.